The number of aromatic nitrogens is 2. The van der Waals surface area contributed by atoms with Gasteiger partial charge in [-0.1, -0.05) is 11.3 Å². The highest BCUT2D eigenvalue weighted by molar-refractivity contribution is 7.16. The standard InChI is InChI=1S/C11H19N5OS/c1-15(2)11(5-4-6-11)7-16(3)9(17)8-13-14-10(12)18-8/h4-7H2,1-3H3,(H2,12,14). The van der Waals surface area contributed by atoms with Crippen molar-refractivity contribution in [2.75, 3.05) is 33.4 Å². The summed E-state index contributed by atoms with van der Waals surface area (Å²) in [5.41, 5.74) is 5.62. The molecule has 1 aromatic heterocycles. The van der Waals surface area contributed by atoms with E-state index in [1.54, 1.807) is 4.90 Å². The Morgan fingerprint density at radius 3 is 2.44 bits per heavy atom. The monoisotopic (exact) mass is 269 g/mol. The number of hydrogen-bond acceptors (Lipinski definition) is 6. The highest BCUT2D eigenvalue weighted by Crippen LogP contribution is 2.36. The van der Waals surface area contributed by atoms with Gasteiger partial charge in [-0.15, -0.1) is 10.2 Å². The lowest BCUT2D eigenvalue weighted by Gasteiger charge is -2.49. The Kier molecular flexibility index (Phi) is 3.54. The highest BCUT2D eigenvalue weighted by atomic mass is 32.1. The SMILES string of the molecule is CN(CC1(N(C)C)CCC1)C(=O)c1nnc(N)s1. The molecule has 0 bridgehead atoms. The molecule has 0 unspecified atom stereocenters. The summed E-state index contributed by atoms with van der Waals surface area (Å²) in [5.74, 6) is -0.0997. The first-order valence-corrected chi connectivity index (χ1v) is 6.78. The third-order valence-corrected chi connectivity index (χ3v) is 4.48. The zero-order valence-corrected chi connectivity index (χ0v) is 11.8. The molecule has 1 aliphatic carbocycles. The molecule has 1 aliphatic rings. The first kappa shape index (κ1) is 13.2. The third-order valence-electron chi connectivity index (χ3n) is 3.73. The van der Waals surface area contributed by atoms with E-state index in [2.05, 4.69) is 29.2 Å². The zero-order valence-electron chi connectivity index (χ0n) is 11.0. The summed E-state index contributed by atoms with van der Waals surface area (Å²) in [6, 6.07) is 0. The van der Waals surface area contributed by atoms with Crippen molar-refractivity contribution in [1.82, 2.24) is 20.0 Å². The number of nitrogens with zero attached hydrogens (tertiary/aromatic N) is 4. The van der Waals surface area contributed by atoms with E-state index in [4.69, 9.17) is 5.73 Å². The van der Waals surface area contributed by atoms with Crippen LogP contribution >= 0.6 is 11.3 Å². The molecule has 6 nitrogen and oxygen atoms in total. The van der Waals surface area contributed by atoms with Crippen LogP contribution in [0.3, 0.4) is 0 Å². The van der Waals surface area contributed by atoms with Crippen molar-refractivity contribution in [3.05, 3.63) is 5.01 Å². The fourth-order valence-electron chi connectivity index (χ4n) is 2.33. The van der Waals surface area contributed by atoms with Gasteiger partial charge in [0.1, 0.15) is 0 Å². The minimum absolute atomic E-state index is 0.0997. The maximum atomic E-state index is 12.2. The molecule has 0 saturated heterocycles. The van der Waals surface area contributed by atoms with E-state index in [-0.39, 0.29) is 11.4 Å². The number of carbonyl (C=O) groups excluding carboxylic acids is 1. The topological polar surface area (TPSA) is 75.3 Å². The summed E-state index contributed by atoms with van der Waals surface area (Å²) < 4.78 is 0. The van der Waals surface area contributed by atoms with Gasteiger partial charge in [-0.05, 0) is 33.4 Å². The highest BCUT2D eigenvalue weighted by Gasteiger charge is 2.41. The van der Waals surface area contributed by atoms with Crippen LogP contribution in [0.2, 0.25) is 0 Å². The average molecular weight is 269 g/mol. The van der Waals surface area contributed by atoms with E-state index in [1.165, 1.54) is 6.42 Å². The maximum absolute atomic E-state index is 12.2. The van der Waals surface area contributed by atoms with E-state index >= 15 is 0 Å². The Labute approximate surface area is 111 Å². The molecular formula is C11H19N5OS. The van der Waals surface area contributed by atoms with Crippen LogP contribution in [0.15, 0.2) is 0 Å². The normalized spacial score (nSPS) is 17.6. The molecule has 2 N–H and O–H groups in total. The molecule has 0 aromatic carbocycles. The second-order valence-corrected chi connectivity index (χ2v) is 6.09. The number of likely N-dealkylation sites (N-methyl/N-ethyl adjacent to an activating group) is 2. The Hall–Kier alpha value is -1.21. The number of nitrogen functional groups attached to an aromatic ring is 1. The summed E-state index contributed by atoms with van der Waals surface area (Å²) in [5, 5.41) is 8.16. The molecule has 0 spiro atoms. The minimum atomic E-state index is -0.0997. The fraction of sp³-hybridized carbons (Fsp3) is 0.727. The van der Waals surface area contributed by atoms with Crippen molar-refractivity contribution < 1.29 is 4.79 Å². The summed E-state index contributed by atoms with van der Waals surface area (Å²) in [4.78, 5) is 16.1. The summed E-state index contributed by atoms with van der Waals surface area (Å²) >= 11 is 1.13. The Morgan fingerprint density at radius 2 is 2.06 bits per heavy atom. The van der Waals surface area contributed by atoms with E-state index in [1.807, 2.05) is 7.05 Å². The van der Waals surface area contributed by atoms with Crippen molar-refractivity contribution in [3.8, 4) is 0 Å². The van der Waals surface area contributed by atoms with E-state index in [9.17, 15) is 4.79 Å². The van der Waals surface area contributed by atoms with Crippen molar-refractivity contribution in [1.29, 1.82) is 0 Å². The van der Waals surface area contributed by atoms with Crippen LogP contribution in [-0.4, -0.2) is 59.1 Å². The van der Waals surface area contributed by atoms with Crippen molar-refractivity contribution in [3.63, 3.8) is 0 Å². The Morgan fingerprint density at radius 1 is 1.39 bits per heavy atom. The van der Waals surface area contributed by atoms with Crippen LogP contribution in [0.5, 0.6) is 0 Å². The molecule has 1 amide bonds. The van der Waals surface area contributed by atoms with Gasteiger partial charge in [-0.25, -0.2) is 0 Å². The second-order valence-electron chi connectivity index (χ2n) is 5.08. The Balaban J connectivity index is 2.03. The van der Waals surface area contributed by atoms with Crippen molar-refractivity contribution >= 4 is 22.4 Å². The van der Waals surface area contributed by atoms with E-state index in [0.29, 0.717) is 10.1 Å². The van der Waals surface area contributed by atoms with Crippen LogP contribution in [0.1, 0.15) is 29.1 Å². The fourth-order valence-corrected chi connectivity index (χ4v) is 2.93. The lowest BCUT2D eigenvalue weighted by atomic mass is 9.75. The summed E-state index contributed by atoms with van der Waals surface area (Å²) in [7, 11) is 5.95. The van der Waals surface area contributed by atoms with Gasteiger partial charge < -0.3 is 15.5 Å². The second kappa shape index (κ2) is 4.81. The number of anilines is 1. The molecule has 1 saturated carbocycles. The molecule has 0 aliphatic heterocycles. The van der Waals surface area contributed by atoms with Gasteiger partial charge in [0.05, 0.1) is 0 Å². The molecule has 2 rings (SSSR count). The lowest BCUT2D eigenvalue weighted by Crippen LogP contribution is -2.57. The quantitative estimate of drug-likeness (QED) is 0.870. The average Bonchev–Trinajstić information content (AvgIpc) is 2.68. The lowest BCUT2D eigenvalue weighted by molar-refractivity contribution is 0.0252. The molecule has 0 radical (unpaired) electrons. The molecule has 100 valence electrons. The molecule has 1 heterocycles. The number of nitrogens with two attached hydrogens (primary N) is 1. The van der Waals surface area contributed by atoms with Crippen LogP contribution < -0.4 is 5.73 Å². The summed E-state index contributed by atoms with van der Waals surface area (Å²) in [6.45, 7) is 0.721. The first-order chi connectivity index (χ1) is 8.44. The largest absolute Gasteiger partial charge is 0.374 e. The smallest absolute Gasteiger partial charge is 0.284 e. The van der Waals surface area contributed by atoms with Gasteiger partial charge in [0, 0.05) is 19.1 Å². The number of carbonyl (C=O) groups is 1. The maximum Gasteiger partial charge on any atom is 0.284 e. The molecule has 1 fully saturated rings. The summed E-state index contributed by atoms with van der Waals surface area (Å²) in [6.07, 6.45) is 3.50. The first-order valence-electron chi connectivity index (χ1n) is 5.96. The molecule has 18 heavy (non-hydrogen) atoms. The van der Waals surface area contributed by atoms with Crippen molar-refractivity contribution in [2.24, 2.45) is 0 Å². The van der Waals surface area contributed by atoms with Gasteiger partial charge in [-0.2, -0.15) is 0 Å². The molecule has 7 heteroatoms. The number of amides is 1. The van der Waals surface area contributed by atoms with Crippen LogP contribution in [0, 0.1) is 0 Å². The van der Waals surface area contributed by atoms with Gasteiger partial charge >= 0.3 is 0 Å². The molecule has 0 atom stereocenters. The van der Waals surface area contributed by atoms with Gasteiger partial charge in [0.25, 0.3) is 5.91 Å². The van der Waals surface area contributed by atoms with Crippen LogP contribution in [0.25, 0.3) is 0 Å². The number of hydrogen-bond donors (Lipinski definition) is 1. The van der Waals surface area contributed by atoms with Crippen LogP contribution in [0.4, 0.5) is 5.13 Å². The van der Waals surface area contributed by atoms with Gasteiger partial charge in [-0.3, -0.25) is 4.79 Å². The van der Waals surface area contributed by atoms with Crippen LogP contribution in [-0.2, 0) is 0 Å². The number of rotatable bonds is 4. The van der Waals surface area contributed by atoms with Gasteiger partial charge in [0.2, 0.25) is 10.1 Å². The molecule has 1 aromatic rings. The van der Waals surface area contributed by atoms with E-state index in [0.717, 1.165) is 30.7 Å². The van der Waals surface area contributed by atoms with Crippen molar-refractivity contribution in [2.45, 2.75) is 24.8 Å². The predicted molar refractivity (Wildman–Crippen MR) is 71.6 cm³/mol. The van der Waals surface area contributed by atoms with Gasteiger partial charge in [0.15, 0.2) is 0 Å². The molecular weight excluding hydrogens is 250 g/mol. The predicted octanol–water partition coefficient (Wildman–Crippen LogP) is 0.677. The van der Waals surface area contributed by atoms with E-state index < -0.39 is 0 Å². The zero-order chi connectivity index (χ0) is 13.3. The minimum Gasteiger partial charge on any atom is -0.374 e. The Bertz CT molecular complexity index is 440. The third kappa shape index (κ3) is 2.32.